The lowest BCUT2D eigenvalue weighted by molar-refractivity contribution is -0.180. The van der Waals surface area contributed by atoms with E-state index >= 15 is 0 Å². The second-order valence-corrected chi connectivity index (χ2v) is 9.66. The van der Waals surface area contributed by atoms with Gasteiger partial charge in [0.25, 0.3) is 5.91 Å². The first-order valence-electron chi connectivity index (χ1n) is 10.7. The highest BCUT2D eigenvalue weighted by Crippen LogP contribution is 2.43. The van der Waals surface area contributed by atoms with Gasteiger partial charge in [-0.05, 0) is 64.4 Å². The van der Waals surface area contributed by atoms with Crippen molar-refractivity contribution in [3.8, 4) is 0 Å². The van der Waals surface area contributed by atoms with Crippen LogP contribution in [0, 0.1) is 5.41 Å². The number of benzene rings is 1. The lowest BCUT2D eigenvalue weighted by Gasteiger charge is -2.32. The zero-order chi connectivity index (χ0) is 23.0. The first kappa shape index (κ1) is 23.6. The standard InChI is InChI=1S/C22H33BN2O6/c1-20(2)21(3,4)31-23(30-20)16-9-7-8-15(12-16)13-22(18(26)25(5)29-6)11-10-17(14-22)24-19(27)28/h7-9,12,17,24H,10-11,13-14H2,1-6H3,(H,27,28)/t17-,22+/m0/s1. The van der Waals surface area contributed by atoms with Crippen LogP contribution in [0.2, 0.25) is 0 Å². The molecule has 2 atom stereocenters. The van der Waals surface area contributed by atoms with Gasteiger partial charge in [0.15, 0.2) is 0 Å². The Hall–Kier alpha value is -2.10. The fraction of sp³-hybridized carbons (Fsp3) is 0.636. The summed E-state index contributed by atoms with van der Waals surface area (Å²) in [6.07, 6.45) is 1.01. The fourth-order valence-corrected chi connectivity index (χ4v) is 4.49. The van der Waals surface area contributed by atoms with Gasteiger partial charge in [-0.1, -0.05) is 24.3 Å². The van der Waals surface area contributed by atoms with Crippen molar-refractivity contribution in [3.63, 3.8) is 0 Å². The number of nitrogens with one attached hydrogen (secondary N) is 1. The average Bonchev–Trinajstić information content (AvgIpc) is 3.18. The van der Waals surface area contributed by atoms with E-state index in [1.165, 1.54) is 12.2 Å². The summed E-state index contributed by atoms with van der Waals surface area (Å²) in [5, 5.41) is 12.9. The van der Waals surface area contributed by atoms with Crippen LogP contribution in [0.3, 0.4) is 0 Å². The van der Waals surface area contributed by atoms with E-state index in [4.69, 9.17) is 19.3 Å². The third-order valence-corrected chi connectivity index (χ3v) is 6.97. The summed E-state index contributed by atoms with van der Waals surface area (Å²) in [6, 6.07) is 7.63. The van der Waals surface area contributed by atoms with Crippen molar-refractivity contribution in [2.75, 3.05) is 14.2 Å². The SMILES string of the molecule is CON(C)C(=O)[C@@]1(Cc2cccc(B3OC(C)(C)C(C)(C)O3)c2)CC[C@H](NC(=O)O)C1. The highest BCUT2D eigenvalue weighted by molar-refractivity contribution is 6.62. The van der Waals surface area contributed by atoms with Crippen LogP contribution < -0.4 is 10.8 Å². The topological polar surface area (TPSA) is 97.3 Å². The maximum Gasteiger partial charge on any atom is 0.494 e. The van der Waals surface area contributed by atoms with Crippen LogP contribution in [0.4, 0.5) is 4.79 Å². The van der Waals surface area contributed by atoms with Crippen molar-refractivity contribution in [2.24, 2.45) is 5.41 Å². The molecule has 0 radical (unpaired) electrons. The molecule has 2 N–H and O–H groups in total. The molecule has 1 heterocycles. The predicted octanol–water partition coefficient (Wildman–Crippen LogP) is 2.35. The van der Waals surface area contributed by atoms with Crippen molar-refractivity contribution in [3.05, 3.63) is 29.8 Å². The maximum absolute atomic E-state index is 13.2. The summed E-state index contributed by atoms with van der Waals surface area (Å²) in [5.41, 5.74) is 0.255. The molecule has 1 aromatic carbocycles. The van der Waals surface area contributed by atoms with E-state index < -0.39 is 29.8 Å². The Bertz CT molecular complexity index is 829. The average molecular weight is 432 g/mol. The van der Waals surface area contributed by atoms with Gasteiger partial charge in [-0.25, -0.2) is 9.86 Å². The molecule has 1 aromatic rings. The van der Waals surface area contributed by atoms with Crippen LogP contribution in [0.15, 0.2) is 24.3 Å². The van der Waals surface area contributed by atoms with Gasteiger partial charge in [-0.2, -0.15) is 0 Å². The van der Waals surface area contributed by atoms with E-state index in [2.05, 4.69) is 5.32 Å². The van der Waals surface area contributed by atoms with Crippen molar-refractivity contribution in [2.45, 2.75) is 70.6 Å². The van der Waals surface area contributed by atoms with Gasteiger partial charge in [0.05, 0.1) is 23.7 Å². The molecule has 0 aromatic heterocycles. The van der Waals surface area contributed by atoms with Crippen LogP contribution in [-0.2, 0) is 25.4 Å². The third kappa shape index (κ3) is 4.73. The van der Waals surface area contributed by atoms with E-state index in [0.717, 1.165) is 11.0 Å². The van der Waals surface area contributed by atoms with Crippen molar-refractivity contribution >= 4 is 24.6 Å². The summed E-state index contributed by atoms with van der Waals surface area (Å²) in [6.45, 7) is 8.05. The molecule has 170 valence electrons. The molecule has 1 aliphatic carbocycles. The Morgan fingerprint density at radius 3 is 2.48 bits per heavy atom. The van der Waals surface area contributed by atoms with Gasteiger partial charge in [-0.3, -0.25) is 9.63 Å². The minimum Gasteiger partial charge on any atom is -0.465 e. The largest absolute Gasteiger partial charge is 0.494 e. The van der Waals surface area contributed by atoms with Crippen molar-refractivity contribution in [1.29, 1.82) is 0 Å². The molecular formula is C22H33BN2O6. The molecule has 1 aliphatic heterocycles. The number of hydroxylamine groups is 2. The number of amides is 2. The summed E-state index contributed by atoms with van der Waals surface area (Å²) in [7, 11) is 2.55. The Morgan fingerprint density at radius 2 is 1.90 bits per heavy atom. The number of hydrogen-bond donors (Lipinski definition) is 2. The highest BCUT2D eigenvalue weighted by atomic mass is 16.7. The summed E-state index contributed by atoms with van der Waals surface area (Å²) in [5.74, 6) is -0.147. The molecule has 2 amide bonds. The minimum atomic E-state index is -1.07. The molecule has 1 saturated carbocycles. The van der Waals surface area contributed by atoms with Gasteiger partial charge in [0.1, 0.15) is 0 Å². The molecule has 2 aliphatic rings. The Labute approximate surface area is 184 Å². The lowest BCUT2D eigenvalue weighted by Crippen LogP contribution is -2.43. The van der Waals surface area contributed by atoms with Gasteiger partial charge in [0, 0.05) is 13.1 Å². The predicted molar refractivity (Wildman–Crippen MR) is 117 cm³/mol. The van der Waals surface area contributed by atoms with Gasteiger partial charge in [0.2, 0.25) is 0 Å². The molecule has 2 fully saturated rings. The lowest BCUT2D eigenvalue weighted by atomic mass is 9.75. The molecule has 9 heteroatoms. The van der Waals surface area contributed by atoms with Gasteiger partial charge < -0.3 is 19.7 Å². The van der Waals surface area contributed by atoms with E-state index in [1.54, 1.807) is 7.05 Å². The molecule has 1 saturated heterocycles. The smallest absolute Gasteiger partial charge is 0.465 e. The van der Waals surface area contributed by atoms with Gasteiger partial charge in [-0.15, -0.1) is 0 Å². The first-order chi connectivity index (χ1) is 14.4. The van der Waals surface area contributed by atoms with E-state index in [-0.39, 0.29) is 11.9 Å². The number of hydrogen-bond acceptors (Lipinski definition) is 5. The van der Waals surface area contributed by atoms with Crippen molar-refractivity contribution in [1.82, 2.24) is 10.4 Å². The highest BCUT2D eigenvalue weighted by Gasteiger charge is 2.52. The molecular weight excluding hydrogens is 399 g/mol. The molecule has 0 spiro atoms. The number of carbonyl (C=O) groups excluding carboxylic acids is 1. The van der Waals surface area contributed by atoms with Crippen molar-refractivity contribution < 1.29 is 28.8 Å². The second-order valence-electron chi connectivity index (χ2n) is 9.66. The minimum absolute atomic E-state index is 0.147. The zero-order valence-corrected chi connectivity index (χ0v) is 19.2. The number of carboxylic acid groups (broad SMARTS) is 1. The van der Waals surface area contributed by atoms with E-state index in [9.17, 15) is 9.59 Å². The number of carbonyl (C=O) groups is 2. The second kappa shape index (κ2) is 8.45. The first-order valence-corrected chi connectivity index (χ1v) is 10.7. The normalized spacial score (nSPS) is 26.6. The van der Waals surface area contributed by atoms with Crippen LogP contribution in [-0.4, -0.2) is 60.7 Å². The van der Waals surface area contributed by atoms with Crippen LogP contribution in [0.25, 0.3) is 0 Å². The fourth-order valence-electron chi connectivity index (χ4n) is 4.49. The van der Waals surface area contributed by atoms with E-state index in [0.29, 0.717) is 25.7 Å². The van der Waals surface area contributed by atoms with Gasteiger partial charge >= 0.3 is 13.2 Å². The third-order valence-electron chi connectivity index (χ3n) is 6.97. The molecule has 0 bridgehead atoms. The Balaban J connectivity index is 1.85. The Morgan fingerprint density at radius 1 is 1.26 bits per heavy atom. The molecule has 0 unspecified atom stereocenters. The van der Waals surface area contributed by atoms with E-state index in [1.807, 2.05) is 52.0 Å². The quantitative estimate of drug-likeness (QED) is 0.529. The summed E-state index contributed by atoms with van der Waals surface area (Å²) < 4.78 is 12.3. The molecule has 3 rings (SSSR count). The maximum atomic E-state index is 13.2. The Kier molecular flexibility index (Phi) is 6.42. The van der Waals surface area contributed by atoms with Crippen LogP contribution in [0.5, 0.6) is 0 Å². The molecule has 31 heavy (non-hydrogen) atoms. The van der Waals surface area contributed by atoms with Crippen LogP contribution >= 0.6 is 0 Å². The monoisotopic (exact) mass is 432 g/mol. The summed E-state index contributed by atoms with van der Waals surface area (Å²) >= 11 is 0. The molecule has 8 nitrogen and oxygen atoms in total. The zero-order valence-electron chi connectivity index (χ0n) is 19.2. The summed E-state index contributed by atoms with van der Waals surface area (Å²) in [4.78, 5) is 29.5. The number of nitrogens with zero attached hydrogens (tertiary/aromatic N) is 1. The number of rotatable bonds is 6. The van der Waals surface area contributed by atoms with Crippen LogP contribution in [0.1, 0.15) is 52.5 Å².